The topological polar surface area (TPSA) is 35.5 Å². The summed E-state index contributed by atoms with van der Waals surface area (Å²) in [6, 6.07) is 13.1. The SMILES string of the molecule is Cc1cc(OC(=O)COc2ccc(C(C)C)cc2)ccc1Br. The number of esters is 1. The summed E-state index contributed by atoms with van der Waals surface area (Å²) < 4.78 is 11.7. The Bertz CT molecular complexity index is 648. The van der Waals surface area contributed by atoms with Gasteiger partial charge in [0.05, 0.1) is 0 Å². The number of halogens is 1. The molecule has 0 radical (unpaired) electrons. The van der Waals surface area contributed by atoms with Crippen LogP contribution in [-0.2, 0) is 4.79 Å². The molecule has 0 heterocycles. The normalized spacial score (nSPS) is 10.6. The summed E-state index contributed by atoms with van der Waals surface area (Å²) in [4.78, 5) is 11.8. The van der Waals surface area contributed by atoms with E-state index in [4.69, 9.17) is 9.47 Å². The molecule has 0 aliphatic carbocycles. The van der Waals surface area contributed by atoms with Gasteiger partial charge < -0.3 is 9.47 Å². The highest BCUT2D eigenvalue weighted by atomic mass is 79.9. The van der Waals surface area contributed by atoms with Crippen LogP contribution < -0.4 is 9.47 Å². The van der Waals surface area contributed by atoms with Crippen LogP contribution >= 0.6 is 15.9 Å². The Balaban J connectivity index is 1.88. The number of benzene rings is 2. The quantitative estimate of drug-likeness (QED) is 0.562. The number of hydrogen-bond acceptors (Lipinski definition) is 3. The van der Waals surface area contributed by atoms with Gasteiger partial charge in [0.25, 0.3) is 0 Å². The predicted molar refractivity (Wildman–Crippen MR) is 90.5 cm³/mol. The Morgan fingerprint density at radius 3 is 2.32 bits per heavy atom. The first kappa shape index (κ1) is 16.6. The summed E-state index contributed by atoms with van der Waals surface area (Å²) in [6.45, 7) is 6.09. The molecule has 0 fully saturated rings. The van der Waals surface area contributed by atoms with Gasteiger partial charge in [-0.25, -0.2) is 4.79 Å². The second-order valence-corrected chi connectivity index (χ2v) is 6.25. The molecule has 0 aliphatic heterocycles. The Labute approximate surface area is 139 Å². The lowest BCUT2D eigenvalue weighted by Crippen LogP contribution is -2.17. The summed E-state index contributed by atoms with van der Waals surface area (Å²) in [5, 5.41) is 0. The fourth-order valence-electron chi connectivity index (χ4n) is 1.93. The summed E-state index contributed by atoms with van der Waals surface area (Å²) in [5.41, 5.74) is 2.25. The van der Waals surface area contributed by atoms with Gasteiger partial charge in [-0.05, 0) is 54.3 Å². The van der Waals surface area contributed by atoms with E-state index in [9.17, 15) is 4.79 Å². The van der Waals surface area contributed by atoms with E-state index in [-0.39, 0.29) is 6.61 Å². The number of hydrogen-bond donors (Lipinski definition) is 0. The monoisotopic (exact) mass is 362 g/mol. The first-order valence-electron chi connectivity index (χ1n) is 7.15. The Morgan fingerprint density at radius 2 is 1.73 bits per heavy atom. The maximum atomic E-state index is 11.8. The first-order chi connectivity index (χ1) is 10.5. The van der Waals surface area contributed by atoms with Crippen LogP contribution in [0.15, 0.2) is 46.9 Å². The average Bonchev–Trinajstić information content (AvgIpc) is 2.49. The smallest absolute Gasteiger partial charge is 0.349 e. The molecule has 0 saturated carbocycles. The van der Waals surface area contributed by atoms with Crippen LogP contribution in [0.4, 0.5) is 0 Å². The Hall–Kier alpha value is -1.81. The third-order valence-corrected chi connectivity index (χ3v) is 4.15. The van der Waals surface area contributed by atoms with Crippen molar-refractivity contribution in [3.05, 3.63) is 58.1 Å². The standard InChI is InChI=1S/C18H19BrO3/c1-12(2)14-4-6-15(7-5-14)21-11-18(20)22-16-8-9-17(19)13(3)10-16/h4-10,12H,11H2,1-3H3. The minimum Gasteiger partial charge on any atom is -0.482 e. The predicted octanol–water partition coefficient (Wildman–Crippen LogP) is 4.87. The van der Waals surface area contributed by atoms with Crippen LogP contribution in [-0.4, -0.2) is 12.6 Å². The number of carbonyl (C=O) groups is 1. The highest BCUT2D eigenvalue weighted by molar-refractivity contribution is 9.10. The lowest BCUT2D eigenvalue weighted by Gasteiger charge is -2.09. The highest BCUT2D eigenvalue weighted by Gasteiger charge is 2.08. The Kier molecular flexibility index (Phi) is 5.61. The van der Waals surface area contributed by atoms with Crippen LogP contribution in [0.3, 0.4) is 0 Å². The zero-order chi connectivity index (χ0) is 16.1. The molecular formula is C18H19BrO3. The van der Waals surface area contributed by atoms with Gasteiger partial charge in [0, 0.05) is 4.47 Å². The number of aryl methyl sites for hydroxylation is 1. The molecule has 4 heteroatoms. The lowest BCUT2D eigenvalue weighted by molar-refractivity contribution is -0.136. The van der Waals surface area contributed by atoms with Gasteiger partial charge in [-0.1, -0.05) is 41.9 Å². The van der Waals surface area contributed by atoms with Crippen molar-refractivity contribution >= 4 is 21.9 Å². The molecule has 116 valence electrons. The van der Waals surface area contributed by atoms with Gasteiger partial charge >= 0.3 is 5.97 Å². The summed E-state index contributed by atoms with van der Waals surface area (Å²) >= 11 is 3.41. The van der Waals surface area contributed by atoms with Crippen LogP contribution in [0.1, 0.15) is 30.9 Å². The van der Waals surface area contributed by atoms with Crippen molar-refractivity contribution in [1.29, 1.82) is 0 Å². The van der Waals surface area contributed by atoms with E-state index in [0.29, 0.717) is 17.4 Å². The van der Waals surface area contributed by atoms with E-state index >= 15 is 0 Å². The van der Waals surface area contributed by atoms with E-state index in [1.54, 1.807) is 12.1 Å². The van der Waals surface area contributed by atoms with E-state index in [1.807, 2.05) is 37.3 Å². The summed E-state index contributed by atoms with van der Waals surface area (Å²) in [6.07, 6.45) is 0. The molecule has 2 aromatic rings. The Morgan fingerprint density at radius 1 is 1.09 bits per heavy atom. The van der Waals surface area contributed by atoms with Crippen molar-refractivity contribution in [2.45, 2.75) is 26.7 Å². The number of rotatable bonds is 5. The van der Waals surface area contributed by atoms with Crippen LogP contribution in [0, 0.1) is 6.92 Å². The van der Waals surface area contributed by atoms with Gasteiger partial charge in [0.15, 0.2) is 6.61 Å². The molecule has 0 aliphatic rings. The lowest BCUT2D eigenvalue weighted by atomic mass is 10.0. The van der Waals surface area contributed by atoms with E-state index in [1.165, 1.54) is 5.56 Å². The van der Waals surface area contributed by atoms with Crippen LogP contribution in [0.25, 0.3) is 0 Å². The number of carbonyl (C=O) groups excluding carboxylic acids is 1. The van der Waals surface area contributed by atoms with Crippen molar-refractivity contribution < 1.29 is 14.3 Å². The second-order valence-electron chi connectivity index (χ2n) is 5.40. The molecule has 0 N–H and O–H groups in total. The fraction of sp³-hybridized carbons (Fsp3) is 0.278. The van der Waals surface area contributed by atoms with Crippen molar-refractivity contribution in [3.8, 4) is 11.5 Å². The minimum absolute atomic E-state index is 0.115. The molecule has 0 amide bonds. The average molecular weight is 363 g/mol. The molecule has 0 saturated heterocycles. The fourth-order valence-corrected chi connectivity index (χ4v) is 2.18. The summed E-state index contributed by atoms with van der Waals surface area (Å²) in [5.74, 6) is 1.23. The zero-order valence-corrected chi connectivity index (χ0v) is 14.5. The minimum atomic E-state index is -0.422. The van der Waals surface area contributed by atoms with Crippen molar-refractivity contribution in [2.24, 2.45) is 0 Å². The molecule has 2 rings (SSSR count). The van der Waals surface area contributed by atoms with E-state index < -0.39 is 5.97 Å². The highest BCUT2D eigenvalue weighted by Crippen LogP contribution is 2.22. The largest absolute Gasteiger partial charge is 0.482 e. The van der Waals surface area contributed by atoms with E-state index in [0.717, 1.165) is 10.0 Å². The number of ether oxygens (including phenoxy) is 2. The maximum absolute atomic E-state index is 11.8. The van der Waals surface area contributed by atoms with Gasteiger partial charge in [-0.15, -0.1) is 0 Å². The summed E-state index contributed by atoms with van der Waals surface area (Å²) in [7, 11) is 0. The van der Waals surface area contributed by atoms with E-state index in [2.05, 4.69) is 29.8 Å². The molecule has 22 heavy (non-hydrogen) atoms. The van der Waals surface area contributed by atoms with Gasteiger partial charge in [-0.3, -0.25) is 0 Å². The third kappa shape index (κ3) is 4.60. The van der Waals surface area contributed by atoms with Crippen LogP contribution in [0.5, 0.6) is 11.5 Å². The molecule has 0 spiro atoms. The second kappa shape index (κ2) is 7.45. The molecule has 0 unspecified atom stereocenters. The first-order valence-corrected chi connectivity index (χ1v) is 7.94. The van der Waals surface area contributed by atoms with Gasteiger partial charge in [-0.2, -0.15) is 0 Å². The maximum Gasteiger partial charge on any atom is 0.349 e. The molecule has 0 atom stereocenters. The van der Waals surface area contributed by atoms with Crippen molar-refractivity contribution in [2.75, 3.05) is 6.61 Å². The zero-order valence-electron chi connectivity index (χ0n) is 12.9. The van der Waals surface area contributed by atoms with Gasteiger partial charge in [0.2, 0.25) is 0 Å². The molecule has 3 nitrogen and oxygen atoms in total. The van der Waals surface area contributed by atoms with Crippen LogP contribution in [0.2, 0.25) is 0 Å². The van der Waals surface area contributed by atoms with Crippen molar-refractivity contribution in [3.63, 3.8) is 0 Å². The van der Waals surface area contributed by atoms with Gasteiger partial charge in [0.1, 0.15) is 11.5 Å². The molecular weight excluding hydrogens is 344 g/mol. The molecule has 0 bridgehead atoms. The molecule has 0 aromatic heterocycles. The van der Waals surface area contributed by atoms with Crippen molar-refractivity contribution in [1.82, 2.24) is 0 Å². The molecule has 2 aromatic carbocycles. The third-order valence-electron chi connectivity index (χ3n) is 3.26.